The van der Waals surface area contributed by atoms with Crippen LogP contribution in [0.1, 0.15) is 67.5 Å². The molecule has 2 heterocycles. The highest BCUT2D eigenvalue weighted by Gasteiger charge is 2.27. The molecule has 7 heteroatoms. The van der Waals surface area contributed by atoms with E-state index in [2.05, 4.69) is 25.8 Å². The second kappa shape index (κ2) is 11.2. The normalized spacial score (nSPS) is 21.7. The first-order chi connectivity index (χ1) is 14.2. The molecule has 1 atom stereocenters. The summed E-state index contributed by atoms with van der Waals surface area (Å²) in [6.07, 6.45) is 11.7. The summed E-state index contributed by atoms with van der Waals surface area (Å²) in [5, 5.41) is 9.88. The van der Waals surface area contributed by atoms with Crippen LogP contribution in [0.5, 0.6) is 0 Å². The quantitative estimate of drug-likeness (QED) is 0.370. The van der Waals surface area contributed by atoms with Crippen LogP contribution in [-0.2, 0) is 0 Å². The first-order valence-electron chi connectivity index (χ1n) is 11.2. The van der Waals surface area contributed by atoms with Crippen molar-refractivity contribution in [3.05, 3.63) is 23.7 Å². The number of carbonyl (C=O) groups excluding carboxylic acids is 1. The lowest BCUT2D eigenvalue weighted by Gasteiger charge is -2.40. The number of guanidine groups is 1. The van der Waals surface area contributed by atoms with E-state index >= 15 is 0 Å². The van der Waals surface area contributed by atoms with Gasteiger partial charge in [-0.25, -0.2) is 0 Å². The zero-order valence-corrected chi connectivity index (χ0v) is 18.0. The molecule has 162 valence electrons. The molecule has 1 aliphatic heterocycles. The van der Waals surface area contributed by atoms with Crippen molar-refractivity contribution in [3.8, 4) is 0 Å². The van der Waals surface area contributed by atoms with Crippen molar-refractivity contribution in [2.45, 2.75) is 70.4 Å². The average Bonchev–Trinajstić information content (AvgIpc) is 3.19. The van der Waals surface area contributed by atoms with Crippen LogP contribution in [0.4, 0.5) is 0 Å². The van der Waals surface area contributed by atoms with E-state index in [1.807, 2.05) is 14.0 Å². The van der Waals surface area contributed by atoms with Crippen molar-refractivity contribution in [3.63, 3.8) is 0 Å². The van der Waals surface area contributed by atoms with E-state index in [0.29, 0.717) is 18.3 Å². The molecule has 0 radical (unpaired) electrons. The Morgan fingerprint density at radius 1 is 1.17 bits per heavy atom. The number of furan rings is 1. The first kappa shape index (κ1) is 21.7. The van der Waals surface area contributed by atoms with Gasteiger partial charge in [0.25, 0.3) is 5.91 Å². The highest BCUT2D eigenvalue weighted by Crippen LogP contribution is 2.25. The molecular weight excluding hydrogens is 366 g/mol. The number of aryl methyl sites for hydroxylation is 1. The summed E-state index contributed by atoms with van der Waals surface area (Å²) in [6.45, 7) is 5.59. The first-order valence-corrected chi connectivity index (χ1v) is 11.2. The van der Waals surface area contributed by atoms with Crippen LogP contribution in [0.25, 0.3) is 0 Å². The summed E-state index contributed by atoms with van der Waals surface area (Å²) in [7, 11) is 1.82. The van der Waals surface area contributed by atoms with Crippen LogP contribution in [-0.4, -0.2) is 62.1 Å². The van der Waals surface area contributed by atoms with Gasteiger partial charge in [-0.05, 0) is 51.6 Å². The Balaban J connectivity index is 1.33. The molecule has 3 rings (SSSR count). The molecule has 29 heavy (non-hydrogen) atoms. The third-order valence-electron chi connectivity index (χ3n) is 6.11. The number of amides is 1. The van der Waals surface area contributed by atoms with E-state index in [0.717, 1.165) is 37.1 Å². The maximum Gasteiger partial charge on any atom is 0.287 e. The number of likely N-dealkylation sites (tertiary alicyclic amines) is 1. The van der Waals surface area contributed by atoms with Crippen LogP contribution in [0.3, 0.4) is 0 Å². The van der Waals surface area contributed by atoms with Crippen molar-refractivity contribution >= 4 is 11.9 Å². The maximum atomic E-state index is 12.0. The summed E-state index contributed by atoms with van der Waals surface area (Å²) >= 11 is 0. The summed E-state index contributed by atoms with van der Waals surface area (Å²) in [4.78, 5) is 19.1. The minimum Gasteiger partial charge on any atom is -0.459 e. The lowest BCUT2D eigenvalue weighted by Crippen LogP contribution is -2.53. The predicted octanol–water partition coefficient (Wildman–Crippen LogP) is 2.67. The lowest BCUT2D eigenvalue weighted by molar-refractivity contribution is 0.0925. The number of nitrogens with one attached hydrogen (secondary N) is 3. The van der Waals surface area contributed by atoms with Gasteiger partial charge in [-0.3, -0.25) is 14.7 Å². The third-order valence-corrected chi connectivity index (χ3v) is 6.11. The van der Waals surface area contributed by atoms with E-state index < -0.39 is 0 Å². The molecular formula is C22H37N5O2. The molecule has 1 aromatic rings. The monoisotopic (exact) mass is 403 g/mol. The zero-order chi connectivity index (χ0) is 20.5. The van der Waals surface area contributed by atoms with Crippen LogP contribution >= 0.6 is 0 Å². The predicted molar refractivity (Wildman–Crippen MR) is 116 cm³/mol. The SMILES string of the molecule is CN=C(NCCCNC(=O)c1occc1C)NC1CCCN(C2CCCCC2)C1. The van der Waals surface area contributed by atoms with Gasteiger partial charge < -0.3 is 20.4 Å². The fraction of sp³-hybridized carbons (Fsp3) is 0.727. The highest BCUT2D eigenvalue weighted by atomic mass is 16.3. The van der Waals surface area contributed by atoms with Crippen molar-refractivity contribution < 1.29 is 9.21 Å². The standard InChI is InChI=1S/C22H37N5O2/c1-17-11-15-29-20(17)21(28)24-12-7-13-25-22(23-2)26-18-8-6-14-27(16-18)19-9-4-3-5-10-19/h11,15,18-19H,3-10,12-14,16H2,1-2H3,(H,24,28)(H2,23,25,26). The van der Waals surface area contributed by atoms with E-state index in [1.165, 1.54) is 51.5 Å². The Kier molecular flexibility index (Phi) is 8.40. The van der Waals surface area contributed by atoms with Crippen LogP contribution in [0.15, 0.2) is 21.7 Å². The molecule has 2 fully saturated rings. The molecule has 3 N–H and O–H groups in total. The highest BCUT2D eigenvalue weighted by molar-refractivity contribution is 5.92. The van der Waals surface area contributed by atoms with Gasteiger partial charge in [0.1, 0.15) is 0 Å². The van der Waals surface area contributed by atoms with Gasteiger partial charge in [-0.2, -0.15) is 0 Å². The zero-order valence-electron chi connectivity index (χ0n) is 18.0. The molecule has 0 bridgehead atoms. The minimum absolute atomic E-state index is 0.153. The summed E-state index contributed by atoms with van der Waals surface area (Å²) in [5.41, 5.74) is 0.861. The smallest absolute Gasteiger partial charge is 0.287 e. The topological polar surface area (TPSA) is 81.9 Å². The summed E-state index contributed by atoms with van der Waals surface area (Å²) in [5.74, 6) is 1.10. The number of carbonyl (C=O) groups is 1. The number of nitrogens with zero attached hydrogens (tertiary/aromatic N) is 2. The molecule has 1 amide bonds. The Labute approximate surface area is 174 Å². The number of aliphatic imine (C=N–C) groups is 1. The molecule has 1 aromatic heterocycles. The van der Waals surface area contributed by atoms with Crippen molar-refractivity contribution in [2.24, 2.45) is 4.99 Å². The van der Waals surface area contributed by atoms with E-state index in [1.54, 1.807) is 12.3 Å². The minimum atomic E-state index is -0.153. The molecule has 1 saturated carbocycles. The largest absolute Gasteiger partial charge is 0.459 e. The second-order valence-electron chi connectivity index (χ2n) is 8.31. The van der Waals surface area contributed by atoms with Crippen LogP contribution < -0.4 is 16.0 Å². The molecule has 2 aliphatic rings. The number of piperidine rings is 1. The van der Waals surface area contributed by atoms with Gasteiger partial charge in [0.05, 0.1) is 6.26 Å². The Morgan fingerprint density at radius 2 is 1.97 bits per heavy atom. The van der Waals surface area contributed by atoms with Crippen molar-refractivity contribution in [1.82, 2.24) is 20.9 Å². The summed E-state index contributed by atoms with van der Waals surface area (Å²) in [6, 6.07) is 3.04. The average molecular weight is 404 g/mol. The van der Waals surface area contributed by atoms with Gasteiger partial charge in [-0.1, -0.05) is 19.3 Å². The fourth-order valence-corrected chi connectivity index (χ4v) is 4.47. The molecule has 7 nitrogen and oxygen atoms in total. The molecule has 1 saturated heterocycles. The molecule has 0 aromatic carbocycles. The lowest BCUT2D eigenvalue weighted by atomic mass is 9.92. The number of hydrogen-bond acceptors (Lipinski definition) is 4. The van der Waals surface area contributed by atoms with Crippen molar-refractivity contribution in [1.29, 1.82) is 0 Å². The number of hydrogen-bond donors (Lipinski definition) is 3. The van der Waals surface area contributed by atoms with E-state index in [9.17, 15) is 4.79 Å². The Hall–Kier alpha value is -2.02. The van der Waals surface area contributed by atoms with Gasteiger partial charge in [-0.15, -0.1) is 0 Å². The maximum absolute atomic E-state index is 12.0. The van der Waals surface area contributed by atoms with Crippen LogP contribution in [0.2, 0.25) is 0 Å². The third kappa shape index (κ3) is 6.49. The Bertz CT molecular complexity index is 666. The van der Waals surface area contributed by atoms with Gasteiger partial charge in [0.15, 0.2) is 11.7 Å². The van der Waals surface area contributed by atoms with Crippen molar-refractivity contribution in [2.75, 3.05) is 33.2 Å². The molecule has 1 unspecified atom stereocenters. The van der Waals surface area contributed by atoms with Gasteiger partial charge in [0, 0.05) is 44.3 Å². The second-order valence-corrected chi connectivity index (χ2v) is 8.31. The van der Waals surface area contributed by atoms with E-state index in [4.69, 9.17) is 4.42 Å². The molecule has 0 spiro atoms. The number of rotatable bonds is 7. The Morgan fingerprint density at radius 3 is 2.69 bits per heavy atom. The fourth-order valence-electron chi connectivity index (χ4n) is 4.47. The van der Waals surface area contributed by atoms with Crippen LogP contribution in [0, 0.1) is 6.92 Å². The van der Waals surface area contributed by atoms with Gasteiger partial charge in [0.2, 0.25) is 0 Å². The summed E-state index contributed by atoms with van der Waals surface area (Å²) < 4.78 is 5.21. The van der Waals surface area contributed by atoms with E-state index in [-0.39, 0.29) is 5.91 Å². The molecule has 1 aliphatic carbocycles. The van der Waals surface area contributed by atoms with Gasteiger partial charge >= 0.3 is 0 Å².